The summed E-state index contributed by atoms with van der Waals surface area (Å²) in [4.78, 5) is 2.40. The van der Waals surface area contributed by atoms with Crippen LogP contribution in [0.3, 0.4) is 0 Å². The average molecular weight is 292 g/mol. The highest BCUT2D eigenvalue weighted by atomic mass is 16.5. The molecule has 0 aliphatic carbocycles. The minimum atomic E-state index is -0.0541. The molecule has 4 nitrogen and oxygen atoms in total. The molecule has 0 radical (unpaired) electrons. The third kappa shape index (κ3) is 3.07. The number of ether oxygens (including phenoxy) is 2. The van der Waals surface area contributed by atoms with Gasteiger partial charge < -0.3 is 15.2 Å². The van der Waals surface area contributed by atoms with Gasteiger partial charge in [-0.15, -0.1) is 0 Å². The lowest BCUT2D eigenvalue weighted by Crippen LogP contribution is -2.59. The number of likely N-dealkylation sites (N-methyl/N-ethyl adjacent to an activating group) is 1. The zero-order chi connectivity index (χ0) is 15.5. The van der Waals surface area contributed by atoms with Crippen LogP contribution in [0.1, 0.15) is 25.8 Å². The summed E-state index contributed by atoms with van der Waals surface area (Å²) >= 11 is 0. The maximum Gasteiger partial charge on any atom is 0.122 e. The molecule has 118 valence electrons. The minimum absolute atomic E-state index is 0.0541. The normalized spacial score (nSPS) is 27.0. The van der Waals surface area contributed by atoms with Crippen LogP contribution < -0.4 is 10.5 Å². The van der Waals surface area contributed by atoms with E-state index in [4.69, 9.17) is 15.2 Å². The smallest absolute Gasteiger partial charge is 0.122 e. The summed E-state index contributed by atoms with van der Waals surface area (Å²) in [6, 6.07) is 8.58. The number of methoxy groups -OCH3 is 1. The quantitative estimate of drug-likeness (QED) is 0.872. The van der Waals surface area contributed by atoms with Crippen molar-refractivity contribution in [2.75, 3.05) is 27.3 Å². The molecule has 0 amide bonds. The molecule has 1 aliphatic heterocycles. The van der Waals surface area contributed by atoms with Gasteiger partial charge in [0.15, 0.2) is 0 Å². The van der Waals surface area contributed by atoms with E-state index in [1.165, 1.54) is 5.56 Å². The van der Waals surface area contributed by atoms with Crippen LogP contribution >= 0.6 is 0 Å². The Morgan fingerprint density at radius 3 is 2.76 bits per heavy atom. The molecule has 3 atom stereocenters. The summed E-state index contributed by atoms with van der Waals surface area (Å²) in [6.07, 6.45) is 2.11. The monoisotopic (exact) mass is 292 g/mol. The van der Waals surface area contributed by atoms with Crippen LogP contribution in [0.2, 0.25) is 0 Å². The Morgan fingerprint density at radius 2 is 2.19 bits per heavy atom. The summed E-state index contributed by atoms with van der Waals surface area (Å²) in [5.41, 5.74) is 7.28. The van der Waals surface area contributed by atoms with Crippen LogP contribution in [-0.4, -0.2) is 49.9 Å². The van der Waals surface area contributed by atoms with Crippen molar-refractivity contribution >= 4 is 0 Å². The number of nitrogens with zero attached hydrogens (tertiary/aromatic N) is 1. The minimum Gasteiger partial charge on any atom is -0.496 e. The van der Waals surface area contributed by atoms with Gasteiger partial charge in [0.05, 0.1) is 18.8 Å². The predicted molar refractivity (Wildman–Crippen MR) is 85.7 cm³/mol. The van der Waals surface area contributed by atoms with E-state index in [0.717, 1.165) is 25.2 Å². The van der Waals surface area contributed by atoms with Crippen molar-refractivity contribution in [3.8, 4) is 5.75 Å². The van der Waals surface area contributed by atoms with Gasteiger partial charge in [0, 0.05) is 19.2 Å². The van der Waals surface area contributed by atoms with Crippen LogP contribution in [0, 0.1) is 0 Å². The summed E-state index contributed by atoms with van der Waals surface area (Å²) in [7, 11) is 3.89. The standard InChI is InChI=1S/C17H28N2O2/c1-13(11-15-7-5-6-8-16(15)20-4)19(3)17(12-18)9-10-21-14(17)2/h5-8,13-14H,9-12,18H2,1-4H3. The topological polar surface area (TPSA) is 47.7 Å². The van der Waals surface area contributed by atoms with Crippen molar-refractivity contribution in [3.63, 3.8) is 0 Å². The molecule has 0 saturated carbocycles. The molecule has 3 unspecified atom stereocenters. The summed E-state index contributed by atoms with van der Waals surface area (Å²) in [6.45, 7) is 5.80. The highest BCUT2D eigenvalue weighted by molar-refractivity contribution is 5.33. The van der Waals surface area contributed by atoms with Crippen molar-refractivity contribution in [2.24, 2.45) is 5.73 Å². The largest absolute Gasteiger partial charge is 0.496 e. The maximum absolute atomic E-state index is 6.10. The van der Waals surface area contributed by atoms with E-state index in [2.05, 4.69) is 37.9 Å². The maximum atomic E-state index is 6.10. The van der Waals surface area contributed by atoms with Gasteiger partial charge in [0.2, 0.25) is 0 Å². The summed E-state index contributed by atoms with van der Waals surface area (Å²) in [5, 5.41) is 0. The zero-order valence-electron chi connectivity index (χ0n) is 13.6. The van der Waals surface area contributed by atoms with Crippen molar-refractivity contribution in [3.05, 3.63) is 29.8 Å². The van der Waals surface area contributed by atoms with Crippen LogP contribution in [0.25, 0.3) is 0 Å². The average Bonchev–Trinajstić information content (AvgIpc) is 2.88. The number of rotatable bonds is 6. The van der Waals surface area contributed by atoms with E-state index in [0.29, 0.717) is 12.6 Å². The molecule has 1 heterocycles. The van der Waals surface area contributed by atoms with E-state index in [1.54, 1.807) is 7.11 Å². The van der Waals surface area contributed by atoms with Gasteiger partial charge in [-0.25, -0.2) is 0 Å². The molecule has 0 aromatic heterocycles. The molecule has 2 N–H and O–H groups in total. The molecule has 1 fully saturated rings. The first-order chi connectivity index (χ1) is 10.0. The lowest BCUT2D eigenvalue weighted by atomic mass is 9.88. The van der Waals surface area contributed by atoms with E-state index in [1.807, 2.05) is 12.1 Å². The van der Waals surface area contributed by atoms with Crippen molar-refractivity contribution in [1.29, 1.82) is 0 Å². The Hall–Kier alpha value is -1.10. The Morgan fingerprint density at radius 1 is 1.48 bits per heavy atom. The molecule has 21 heavy (non-hydrogen) atoms. The fourth-order valence-electron chi connectivity index (χ4n) is 3.41. The predicted octanol–water partition coefficient (Wildman–Crippen LogP) is 2.06. The first-order valence-corrected chi connectivity index (χ1v) is 7.71. The van der Waals surface area contributed by atoms with Gasteiger partial charge in [-0.3, -0.25) is 4.90 Å². The lowest BCUT2D eigenvalue weighted by Gasteiger charge is -2.43. The third-order valence-electron chi connectivity index (χ3n) is 5.08. The highest BCUT2D eigenvalue weighted by Crippen LogP contribution is 2.33. The van der Waals surface area contributed by atoms with Gasteiger partial charge in [0.25, 0.3) is 0 Å². The van der Waals surface area contributed by atoms with E-state index in [-0.39, 0.29) is 11.6 Å². The molecule has 0 bridgehead atoms. The molecule has 1 aromatic carbocycles. The van der Waals surface area contributed by atoms with Gasteiger partial charge in [-0.1, -0.05) is 18.2 Å². The molecule has 4 heteroatoms. The second-order valence-corrected chi connectivity index (χ2v) is 6.05. The number of nitrogens with two attached hydrogens (primary N) is 1. The fourth-order valence-corrected chi connectivity index (χ4v) is 3.41. The molecule has 0 spiro atoms. The first kappa shape index (κ1) is 16.3. The van der Waals surface area contributed by atoms with E-state index < -0.39 is 0 Å². The van der Waals surface area contributed by atoms with Crippen LogP contribution in [0.4, 0.5) is 0 Å². The molecule has 2 rings (SSSR count). The second kappa shape index (κ2) is 6.77. The van der Waals surface area contributed by atoms with Gasteiger partial charge >= 0.3 is 0 Å². The van der Waals surface area contributed by atoms with Crippen LogP contribution in [0.5, 0.6) is 5.75 Å². The van der Waals surface area contributed by atoms with Crippen LogP contribution in [0.15, 0.2) is 24.3 Å². The van der Waals surface area contributed by atoms with Crippen LogP contribution in [-0.2, 0) is 11.2 Å². The number of benzene rings is 1. The lowest BCUT2D eigenvalue weighted by molar-refractivity contribution is 0.00988. The SMILES string of the molecule is COc1ccccc1CC(C)N(C)C1(CN)CCOC1C. The molecular formula is C17H28N2O2. The van der Waals surface area contributed by atoms with Crippen molar-refractivity contribution < 1.29 is 9.47 Å². The molecule has 1 aromatic rings. The van der Waals surface area contributed by atoms with Gasteiger partial charge in [-0.2, -0.15) is 0 Å². The number of hydrogen-bond acceptors (Lipinski definition) is 4. The first-order valence-electron chi connectivity index (χ1n) is 7.71. The number of hydrogen-bond donors (Lipinski definition) is 1. The third-order valence-corrected chi connectivity index (χ3v) is 5.08. The Labute approximate surface area is 128 Å². The number of para-hydroxylation sites is 1. The Balaban J connectivity index is 2.14. The second-order valence-electron chi connectivity index (χ2n) is 6.05. The zero-order valence-corrected chi connectivity index (χ0v) is 13.6. The van der Waals surface area contributed by atoms with E-state index >= 15 is 0 Å². The Bertz CT molecular complexity index is 466. The van der Waals surface area contributed by atoms with Gasteiger partial charge in [0.1, 0.15) is 5.75 Å². The molecule has 1 saturated heterocycles. The van der Waals surface area contributed by atoms with E-state index in [9.17, 15) is 0 Å². The van der Waals surface area contributed by atoms with Crippen molar-refractivity contribution in [2.45, 2.75) is 44.4 Å². The summed E-state index contributed by atoms with van der Waals surface area (Å²) in [5.74, 6) is 0.954. The fraction of sp³-hybridized carbons (Fsp3) is 0.647. The summed E-state index contributed by atoms with van der Waals surface area (Å²) < 4.78 is 11.2. The highest BCUT2D eigenvalue weighted by Gasteiger charge is 2.45. The van der Waals surface area contributed by atoms with Gasteiger partial charge in [-0.05, 0) is 45.4 Å². The molecule has 1 aliphatic rings. The van der Waals surface area contributed by atoms with Crippen molar-refractivity contribution in [1.82, 2.24) is 4.90 Å². The Kier molecular flexibility index (Phi) is 5.25. The molecular weight excluding hydrogens is 264 g/mol.